The maximum absolute atomic E-state index is 12.9. The van der Waals surface area contributed by atoms with Gasteiger partial charge in [0.25, 0.3) is 5.91 Å². The van der Waals surface area contributed by atoms with Gasteiger partial charge in [0.15, 0.2) is 0 Å². The second kappa shape index (κ2) is 11.0. The second-order valence-electron chi connectivity index (χ2n) is 7.94. The van der Waals surface area contributed by atoms with E-state index in [2.05, 4.69) is 25.8 Å². The molecule has 1 aromatic carbocycles. The minimum atomic E-state index is -1.28. The number of aliphatic carboxylic acids is 2. The first-order valence-electron chi connectivity index (χ1n) is 10.7. The van der Waals surface area contributed by atoms with E-state index in [0.717, 1.165) is 16.7 Å². The number of carbonyl (C=O) groups is 5. The number of carboxylic acids is 2. The standard InChI is InChI=1S/C21H21N7O7S2/c22-14(9-2-1-3-11(4-9)23-8-29)17(32)25-15-18(33)28-16(20(34)35)10(6-36-19(15)28)7-37-21-24-12(26-27-21)5-13(30)31/h1-4,8,14-15,19H,5-7,22H2,(H,23,29)(H,25,32)(H,30,31)(H,34,35)(H,24,26,27)/t14?,15?,19-/m0/s1. The van der Waals surface area contributed by atoms with Gasteiger partial charge in [0.1, 0.15) is 35.4 Å². The lowest BCUT2D eigenvalue weighted by atomic mass is 10.0. The molecule has 0 spiro atoms. The number of amides is 3. The van der Waals surface area contributed by atoms with Crippen LogP contribution in [0.3, 0.4) is 0 Å². The lowest BCUT2D eigenvalue weighted by Crippen LogP contribution is -2.71. The quantitative estimate of drug-likeness (QED) is 0.119. The molecule has 0 aliphatic carbocycles. The van der Waals surface area contributed by atoms with E-state index in [-0.39, 0.29) is 34.6 Å². The van der Waals surface area contributed by atoms with Crippen molar-refractivity contribution in [2.24, 2.45) is 5.73 Å². The number of aromatic amines is 1. The van der Waals surface area contributed by atoms with E-state index in [1.54, 1.807) is 18.2 Å². The Morgan fingerprint density at radius 2 is 2.14 bits per heavy atom. The Bertz CT molecular complexity index is 1300. The van der Waals surface area contributed by atoms with Gasteiger partial charge < -0.3 is 26.6 Å². The van der Waals surface area contributed by atoms with Crippen LogP contribution in [0.1, 0.15) is 17.4 Å². The summed E-state index contributed by atoms with van der Waals surface area (Å²) < 4.78 is 0. The van der Waals surface area contributed by atoms with Crippen molar-refractivity contribution < 1.29 is 34.2 Å². The van der Waals surface area contributed by atoms with Crippen LogP contribution in [0.15, 0.2) is 40.7 Å². The molecule has 2 unspecified atom stereocenters. The Labute approximate surface area is 217 Å². The lowest BCUT2D eigenvalue weighted by molar-refractivity contribution is -0.150. The zero-order valence-corrected chi connectivity index (χ0v) is 20.5. The van der Waals surface area contributed by atoms with Crippen LogP contribution in [0.4, 0.5) is 5.69 Å². The largest absolute Gasteiger partial charge is 0.481 e. The SMILES string of the molecule is NC(C(=O)NC1C(=O)N2C(C(=O)O)=C(CSc3n[nH]c(CC(=O)O)n3)CS[C@@H]12)c1cccc(NC=O)c1. The number of nitrogens with zero attached hydrogens (tertiary/aromatic N) is 3. The second-order valence-corrected chi connectivity index (χ2v) is 9.99. The first-order chi connectivity index (χ1) is 17.7. The molecule has 0 saturated carbocycles. The number of fused-ring (bicyclic) bond motifs is 1. The van der Waals surface area contributed by atoms with E-state index in [0.29, 0.717) is 23.2 Å². The van der Waals surface area contributed by atoms with Gasteiger partial charge >= 0.3 is 11.9 Å². The predicted molar refractivity (Wildman–Crippen MR) is 131 cm³/mol. The van der Waals surface area contributed by atoms with Gasteiger partial charge in [-0.25, -0.2) is 9.78 Å². The van der Waals surface area contributed by atoms with Gasteiger partial charge in [-0.2, -0.15) is 0 Å². The van der Waals surface area contributed by atoms with Crippen molar-refractivity contribution in [2.45, 2.75) is 29.0 Å². The fraction of sp³-hybridized carbons (Fsp3) is 0.286. The predicted octanol–water partition coefficient (Wildman–Crippen LogP) is -0.469. The number of benzene rings is 1. The highest BCUT2D eigenvalue weighted by atomic mass is 32.2. The van der Waals surface area contributed by atoms with Gasteiger partial charge in [-0.1, -0.05) is 23.9 Å². The number of nitrogens with two attached hydrogens (primary N) is 1. The van der Waals surface area contributed by atoms with Crippen molar-refractivity contribution in [2.75, 3.05) is 16.8 Å². The molecule has 0 radical (unpaired) electrons. The smallest absolute Gasteiger partial charge is 0.352 e. The van der Waals surface area contributed by atoms with Gasteiger partial charge in [-0.3, -0.25) is 29.2 Å². The van der Waals surface area contributed by atoms with Gasteiger partial charge in [0.2, 0.25) is 17.5 Å². The van der Waals surface area contributed by atoms with Crippen LogP contribution in [0.25, 0.3) is 0 Å². The molecule has 3 heterocycles. The Kier molecular flexibility index (Phi) is 7.80. The number of β-lactam (4-membered cyclic amide) rings is 1. The zero-order valence-electron chi connectivity index (χ0n) is 18.9. The van der Waals surface area contributed by atoms with Gasteiger partial charge in [0.05, 0.1) is 0 Å². The van der Waals surface area contributed by atoms with Crippen molar-refractivity contribution in [1.29, 1.82) is 0 Å². The van der Waals surface area contributed by atoms with Gasteiger partial charge in [-0.15, -0.1) is 16.9 Å². The molecule has 2 aliphatic rings. The van der Waals surface area contributed by atoms with E-state index < -0.39 is 41.2 Å². The molecule has 194 valence electrons. The highest BCUT2D eigenvalue weighted by molar-refractivity contribution is 8.01. The highest BCUT2D eigenvalue weighted by Crippen LogP contribution is 2.41. The molecular formula is C21H21N7O7S2. The summed E-state index contributed by atoms with van der Waals surface area (Å²) in [4.78, 5) is 64.3. The third kappa shape index (κ3) is 5.60. The minimum Gasteiger partial charge on any atom is -0.481 e. The summed E-state index contributed by atoms with van der Waals surface area (Å²) in [6, 6.07) is 4.33. The first kappa shape index (κ1) is 26.2. The number of carbonyl (C=O) groups excluding carboxylic acids is 3. The molecule has 37 heavy (non-hydrogen) atoms. The fourth-order valence-corrected chi connectivity index (χ4v) is 6.10. The minimum absolute atomic E-state index is 0.162. The van der Waals surface area contributed by atoms with Crippen LogP contribution in [-0.2, 0) is 30.4 Å². The number of anilines is 1. The number of rotatable bonds is 11. The van der Waals surface area contributed by atoms with Crippen LogP contribution in [0.5, 0.6) is 0 Å². The van der Waals surface area contributed by atoms with Crippen LogP contribution >= 0.6 is 23.5 Å². The molecule has 4 rings (SSSR count). The molecule has 2 aliphatic heterocycles. The van der Waals surface area contributed by atoms with E-state index in [4.69, 9.17) is 10.8 Å². The molecule has 7 N–H and O–H groups in total. The molecule has 14 nitrogen and oxygen atoms in total. The molecule has 1 fully saturated rings. The van der Waals surface area contributed by atoms with Crippen LogP contribution < -0.4 is 16.4 Å². The maximum atomic E-state index is 12.9. The van der Waals surface area contributed by atoms with Crippen molar-refractivity contribution >= 4 is 59.4 Å². The highest BCUT2D eigenvalue weighted by Gasteiger charge is 2.54. The number of carboxylic acid groups (broad SMARTS) is 2. The molecule has 16 heteroatoms. The summed E-state index contributed by atoms with van der Waals surface area (Å²) >= 11 is 2.41. The normalized spacial score (nSPS) is 19.5. The monoisotopic (exact) mass is 547 g/mol. The number of nitrogens with one attached hydrogen (secondary N) is 3. The molecule has 3 atom stereocenters. The summed E-state index contributed by atoms with van der Waals surface area (Å²) in [6.45, 7) is 0. The van der Waals surface area contributed by atoms with Gasteiger partial charge in [0, 0.05) is 17.2 Å². The third-order valence-electron chi connectivity index (χ3n) is 5.51. The maximum Gasteiger partial charge on any atom is 0.352 e. The molecule has 0 bridgehead atoms. The average Bonchev–Trinajstić information content (AvgIpc) is 3.31. The van der Waals surface area contributed by atoms with Crippen LogP contribution in [-0.4, -0.2) is 83.4 Å². The Morgan fingerprint density at radius 3 is 2.84 bits per heavy atom. The van der Waals surface area contributed by atoms with E-state index in [1.165, 1.54) is 17.8 Å². The summed E-state index contributed by atoms with van der Waals surface area (Å²) in [5, 5.41) is 29.8. The molecule has 3 amide bonds. The zero-order chi connectivity index (χ0) is 26.7. The van der Waals surface area contributed by atoms with Crippen molar-refractivity contribution in [3.63, 3.8) is 0 Å². The summed E-state index contributed by atoms with van der Waals surface area (Å²) in [5.41, 5.74) is 7.24. The number of aromatic nitrogens is 3. The number of hydrogen-bond acceptors (Lipinski definition) is 10. The third-order valence-corrected chi connectivity index (χ3v) is 7.78. The average molecular weight is 548 g/mol. The lowest BCUT2D eigenvalue weighted by Gasteiger charge is -2.49. The van der Waals surface area contributed by atoms with Crippen molar-refractivity contribution in [3.8, 4) is 0 Å². The fourth-order valence-electron chi connectivity index (χ4n) is 3.80. The summed E-state index contributed by atoms with van der Waals surface area (Å²) in [5.74, 6) is -2.92. The number of H-pyrrole nitrogens is 1. The van der Waals surface area contributed by atoms with Crippen LogP contribution in [0, 0.1) is 0 Å². The topological polar surface area (TPSA) is 221 Å². The van der Waals surface area contributed by atoms with E-state index in [1.807, 2.05) is 0 Å². The van der Waals surface area contributed by atoms with E-state index >= 15 is 0 Å². The van der Waals surface area contributed by atoms with Gasteiger partial charge in [-0.05, 0) is 23.3 Å². The van der Waals surface area contributed by atoms with E-state index in [9.17, 15) is 29.1 Å². The summed E-state index contributed by atoms with van der Waals surface area (Å²) in [7, 11) is 0. The first-order valence-corrected chi connectivity index (χ1v) is 12.7. The van der Waals surface area contributed by atoms with Crippen molar-refractivity contribution in [3.05, 3.63) is 46.9 Å². The Balaban J connectivity index is 1.42. The van der Waals surface area contributed by atoms with Crippen molar-refractivity contribution in [1.82, 2.24) is 25.4 Å². The Hall–Kier alpha value is -3.89. The molecule has 2 aromatic rings. The number of thioether (sulfide) groups is 2. The summed E-state index contributed by atoms with van der Waals surface area (Å²) in [6.07, 6.45) is 0.170. The van der Waals surface area contributed by atoms with Crippen LogP contribution in [0.2, 0.25) is 0 Å². The number of hydrogen-bond donors (Lipinski definition) is 6. The Morgan fingerprint density at radius 1 is 1.35 bits per heavy atom. The molecular weight excluding hydrogens is 526 g/mol. The molecule has 1 aromatic heterocycles. The molecule has 1 saturated heterocycles.